The van der Waals surface area contributed by atoms with Crippen LogP contribution in [0.1, 0.15) is 20.3 Å². The SMILES string of the molecule is CCOC(CCN(C)C)CNC(=O)C(C)CNC.Cl.Cl. The summed E-state index contributed by atoms with van der Waals surface area (Å²) in [6.45, 7) is 6.83. The van der Waals surface area contributed by atoms with Crippen LogP contribution in [0.2, 0.25) is 0 Å². The van der Waals surface area contributed by atoms with Crippen LogP contribution in [-0.4, -0.2) is 64.3 Å². The summed E-state index contributed by atoms with van der Waals surface area (Å²) in [6.07, 6.45) is 1.03. The Morgan fingerprint density at radius 2 is 1.85 bits per heavy atom. The Morgan fingerprint density at radius 3 is 2.30 bits per heavy atom. The largest absolute Gasteiger partial charge is 0.377 e. The van der Waals surface area contributed by atoms with Crippen molar-refractivity contribution in [2.75, 3.05) is 47.4 Å². The van der Waals surface area contributed by atoms with E-state index >= 15 is 0 Å². The maximum Gasteiger partial charge on any atom is 0.224 e. The summed E-state index contributed by atoms with van der Waals surface area (Å²) in [4.78, 5) is 13.9. The van der Waals surface area contributed by atoms with Gasteiger partial charge in [-0.3, -0.25) is 4.79 Å². The van der Waals surface area contributed by atoms with E-state index in [1.165, 1.54) is 0 Å². The summed E-state index contributed by atoms with van der Waals surface area (Å²) in [5, 5.41) is 5.96. The maximum atomic E-state index is 11.8. The lowest BCUT2D eigenvalue weighted by atomic mass is 10.1. The van der Waals surface area contributed by atoms with Gasteiger partial charge in [0.15, 0.2) is 0 Å². The van der Waals surface area contributed by atoms with Gasteiger partial charge in [-0.25, -0.2) is 0 Å². The number of rotatable bonds is 10. The Labute approximate surface area is 136 Å². The van der Waals surface area contributed by atoms with Crippen molar-refractivity contribution in [2.24, 2.45) is 5.92 Å². The number of amides is 1. The van der Waals surface area contributed by atoms with Crippen LogP contribution >= 0.6 is 24.8 Å². The summed E-state index contributed by atoms with van der Waals surface area (Å²) < 4.78 is 5.63. The molecule has 0 radical (unpaired) electrons. The van der Waals surface area contributed by atoms with Gasteiger partial charge in [0.25, 0.3) is 0 Å². The average molecular weight is 332 g/mol. The van der Waals surface area contributed by atoms with Gasteiger partial charge in [-0.1, -0.05) is 6.92 Å². The van der Waals surface area contributed by atoms with E-state index < -0.39 is 0 Å². The van der Waals surface area contributed by atoms with Crippen molar-refractivity contribution in [3.63, 3.8) is 0 Å². The molecule has 2 N–H and O–H groups in total. The van der Waals surface area contributed by atoms with E-state index in [4.69, 9.17) is 4.74 Å². The third-order valence-electron chi connectivity index (χ3n) is 2.76. The molecular weight excluding hydrogens is 301 g/mol. The fourth-order valence-corrected chi connectivity index (χ4v) is 1.67. The first-order chi connectivity index (χ1) is 8.51. The molecule has 0 spiro atoms. The summed E-state index contributed by atoms with van der Waals surface area (Å²) in [6, 6.07) is 0. The van der Waals surface area contributed by atoms with Gasteiger partial charge in [-0.05, 0) is 34.5 Å². The molecule has 0 saturated carbocycles. The molecule has 0 aromatic heterocycles. The molecule has 0 aromatic rings. The number of nitrogens with one attached hydrogen (secondary N) is 2. The number of nitrogens with zero attached hydrogens (tertiary/aromatic N) is 1. The van der Waals surface area contributed by atoms with E-state index in [9.17, 15) is 4.79 Å². The Morgan fingerprint density at radius 1 is 1.25 bits per heavy atom. The molecule has 0 rings (SSSR count). The zero-order valence-electron chi connectivity index (χ0n) is 13.3. The average Bonchev–Trinajstić information content (AvgIpc) is 2.32. The second kappa shape index (κ2) is 15.3. The van der Waals surface area contributed by atoms with Crippen molar-refractivity contribution in [3.8, 4) is 0 Å². The monoisotopic (exact) mass is 331 g/mol. The van der Waals surface area contributed by atoms with Crippen LogP contribution in [0, 0.1) is 5.92 Å². The number of carbonyl (C=O) groups excluding carboxylic acids is 1. The Hall–Kier alpha value is -0.0700. The molecule has 0 aliphatic rings. The molecule has 20 heavy (non-hydrogen) atoms. The normalized spacial score (nSPS) is 13.1. The van der Waals surface area contributed by atoms with Gasteiger partial charge in [0, 0.05) is 32.2 Å². The molecule has 0 aromatic carbocycles. The van der Waals surface area contributed by atoms with Crippen LogP contribution < -0.4 is 10.6 Å². The molecule has 2 unspecified atom stereocenters. The van der Waals surface area contributed by atoms with Crippen molar-refractivity contribution in [1.29, 1.82) is 0 Å². The second-order valence-electron chi connectivity index (χ2n) is 4.87. The molecule has 5 nitrogen and oxygen atoms in total. The maximum absolute atomic E-state index is 11.8. The zero-order valence-corrected chi connectivity index (χ0v) is 14.9. The van der Waals surface area contributed by atoms with Crippen LogP contribution in [0.4, 0.5) is 0 Å². The molecule has 7 heteroatoms. The van der Waals surface area contributed by atoms with Crippen molar-refractivity contribution in [1.82, 2.24) is 15.5 Å². The summed E-state index contributed by atoms with van der Waals surface area (Å²) >= 11 is 0. The Bertz CT molecular complexity index is 232. The summed E-state index contributed by atoms with van der Waals surface area (Å²) in [5.41, 5.74) is 0. The number of carbonyl (C=O) groups is 1. The van der Waals surface area contributed by atoms with E-state index in [-0.39, 0.29) is 42.7 Å². The highest BCUT2D eigenvalue weighted by molar-refractivity contribution is 5.85. The molecule has 0 heterocycles. The number of ether oxygens (including phenoxy) is 1. The molecule has 0 bridgehead atoms. The third kappa shape index (κ3) is 12.9. The third-order valence-corrected chi connectivity index (χ3v) is 2.76. The highest BCUT2D eigenvalue weighted by Gasteiger charge is 2.14. The van der Waals surface area contributed by atoms with Crippen molar-refractivity contribution >= 4 is 30.7 Å². The minimum absolute atomic E-state index is 0. The van der Waals surface area contributed by atoms with E-state index in [0.29, 0.717) is 19.7 Å². The van der Waals surface area contributed by atoms with Crippen LogP contribution in [0.15, 0.2) is 0 Å². The van der Waals surface area contributed by atoms with Crippen molar-refractivity contribution in [2.45, 2.75) is 26.4 Å². The number of hydrogen-bond acceptors (Lipinski definition) is 4. The van der Waals surface area contributed by atoms with E-state index in [1.807, 2.05) is 35.0 Å². The standard InChI is InChI=1S/C13H29N3O2.2ClH/c1-6-18-12(7-8-16(4)5)10-15-13(17)11(2)9-14-3;;/h11-12,14H,6-10H2,1-5H3,(H,15,17);2*1H. The summed E-state index contributed by atoms with van der Waals surface area (Å²) in [5.74, 6) is 0.0741. The van der Waals surface area contributed by atoms with Gasteiger partial charge in [0.1, 0.15) is 0 Å². The minimum Gasteiger partial charge on any atom is -0.377 e. The Kier molecular flexibility index (Phi) is 19.1. The molecular formula is C13H31Cl2N3O2. The van der Waals surface area contributed by atoms with Gasteiger partial charge in [0.2, 0.25) is 5.91 Å². The Balaban J connectivity index is -0.00000144. The molecule has 2 atom stereocenters. The van der Waals surface area contributed by atoms with Crippen LogP contribution in [0.25, 0.3) is 0 Å². The molecule has 1 amide bonds. The first-order valence-electron chi connectivity index (χ1n) is 6.69. The highest BCUT2D eigenvalue weighted by atomic mass is 35.5. The quantitative estimate of drug-likeness (QED) is 0.630. The number of hydrogen-bond donors (Lipinski definition) is 2. The smallest absolute Gasteiger partial charge is 0.224 e. The fourth-order valence-electron chi connectivity index (χ4n) is 1.67. The lowest BCUT2D eigenvalue weighted by Gasteiger charge is -2.21. The van der Waals surface area contributed by atoms with Gasteiger partial charge in [-0.15, -0.1) is 24.8 Å². The topological polar surface area (TPSA) is 53.6 Å². The fraction of sp³-hybridized carbons (Fsp3) is 0.923. The van der Waals surface area contributed by atoms with Crippen LogP contribution in [0.3, 0.4) is 0 Å². The zero-order chi connectivity index (χ0) is 14.0. The van der Waals surface area contributed by atoms with Crippen molar-refractivity contribution < 1.29 is 9.53 Å². The second-order valence-corrected chi connectivity index (χ2v) is 4.87. The molecule has 0 fully saturated rings. The predicted octanol–water partition coefficient (Wildman–Crippen LogP) is 1.16. The van der Waals surface area contributed by atoms with Crippen LogP contribution in [-0.2, 0) is 9.53 Å². The minimum atomic E-state index is -0.00822. The number of halogens is 2. The van der Waals surface area contributed by atoms with Gasteiger partial charge in [-0.2, -0.15) is 0 Å². The first-order valence-corrected chi connectivity index (χ1v) is 6.69. The van der Waals surface area contributed by atoms with Crippen molar-refractivity contribution in [3.05, 3.63) is 0 Å². The molecule has 0 saturated heterocycles. The molecule has 0 aliphatic heterocycles. The van der Waals surface area contributed by atoms with Crippen LogP contribution in [0.5, 0.6) is 0 Å². The summed E-state index contributed by atoms with van der Waals surface area (Å²) in [7, 11) is 5.93. The van der Waals surface area contributed by atoms with Gasteiger partial charge < -0.3 is 20.3 Å². The molecule has 124 valence electrons. The van der Waals surface area contributed by atoms with E-state index in [1.54, 1.807) is 0 Å². The lowest BCUT2D eigenvalue weighted by molar-refractivity contribution is -0.125. The predicted molar refractivity (Wildman–Crippen MR) is 89.2 cm³/mol. The van der Waals surface area contributed by atoms with E-state index in [0.717, 1.165) is 13.0 Å². The van der Waals surface area contributed by atoms with E-state index in [2.05, 4.69) is 15.5 Å². The first kappa shape index (κ1) is 24.9. The van der Waals surface area contributed by atoms with Gasteiger partial charge in [0.05, 0.1) is 6.10 Å². The lowest BCUT2D eigenvalue weighted by Crippen LogP contribution is -2.40. The van der Waals surface area contributed by atoms with Gasteiger partial charge >= 0.3 is 0 Å². The highest BCUT2D eigenvalue weighted by Crippen LogP contribution is 2.00. The molecule has 0 aliphatic carbocycles.